The molecule has 3 nitrogen and oxygen atoms in total. The van der Waals surface area contributed by atoms with Gasteiger partial charge in [0.1, 0.15) is 0 Å². The number of rotatable bonds is 2. The summed E-state index contributed by atoms with van der Waals surface area (Å²) in [7, 11) is 0. The van der Waals surface area contributed by atoms with E-state index in [2.05, 4.69) is 13.8 Å². The maximum atomic E-state index is 11.6. The molecule has 4 aliphatic carbocycles. The zero-order chi connectivity index (χ0) is 18.0. The van der Waals surface area contributed by atoms with E-state index in [1.807, 2.05) is 6.92 Å². The normalized spacial score (nSPS) is 53.4. The van der Waals surface area contributed by atoms with Gasteiger partial charge < -0.3 is 10.2 Å². The van der Waals surface area contributed by atoms with Crippen LogP contribution < -0.4 is 0 Å². The molecule has 0 bridgehead atoms. The minimum absolute atomic E-state index is 0.0734. The van der Waals surface area contributed by atoms with Crippen molar-refractivity contribution in [3.8, 4) is 0 Å². The molecule has 0 spiro atoms. The van der Waals surface area contributed by atoms with Crippen molar-refractivity contribution in [3.63, 3.8) is 0 Å². The van der Waals surface area contributed by atoms with Crippen LogP contribution in [0.15, 0.2) is 0 Å². The number of hydrogen-bond acceptors (Lipinski definition) is 2. The third kappa shape index (κ3) is 2.51. The zero-order valence-electron chi connectivity index (χ0n) is 16.2. The quantitative estimate of drug-likeness (QED) is 0.758. The van der Waals surface area contributed by atoms with Crippen LogP contribution in [0.25, 0.3) is 0 Å². The monoisotopic (exact) mass is 348 g/mol. The fraction of sp³-hybridized carbons (Fsp3) is 0.955. The van der Waals surface area contributed by atoms with E-state index >= 15 is 0 Å². The Balaban J connectivity index is 1.59. The molecule has 0 aromatic rings. The molecule has 0 aliphatic heterocycles. The second kappa shape index (κ2) is 5.97. The molecule has 3 heteroatoms. The average molecular weight is 349 g/mol. The number of aliphatic hydroxyl groups is 1. The molecular formula is C22H36O3. The highest BCUT2D eigenvalue weighted by molar-refractivity contribution is 5.70. The fourth-order valence-corrected chi connectivity index (χ4v) is 8.27. The molecule has 0 aromatic heterocycles. The smallest absolute Gasteiger partial charge is 0.306 e. The molecule has 4 rings (SSSR count). The molecule has 0 heterocycles. The van der Waals surface area contributed by atoms with E-state index in [4.69, 9.17) is 0 Å². The average Bonchev–Trinajstić information content (AvgIpc) is 2.92. The van der Waals surface area contributed by atoms with Crippen molar-refractivity contribution in [1.82, 2.24) is 0 Å². The third-order valence-electron chi connectivity index (χ3n) is 9.70. The molecular weight excluding hydrogens is 312 g/mol. The van der Waals surface area contributed by atoms with E-state index < -0.39 is 5.97 Å². The van der Waals surface area contributed by atoms with Crippen molar-refractivity contribution >= 4 is 5.97 Å². The Hall–Kier alpha value is -0.570. The Morgan fingerprint density at radius 3 is 2.36 bits per heavy atom. The molecule has 2 N–H and O–H groups in total. The van der Waals surface area contributed by atoms with Crippen LogP contribution in [0.5, 0.6) is 0 Å². The van der Waals surface area contributed by atoms with E-state index in [1.54, 1.807) is 0 Å². The largest absolute Gasteiger partial charge is 0.481 e. The van der Waals surface area contributed by atoms with Crippen LogP contribution in [0.2, 0.25) is 0 Å². The lowest BCUT2D eigenvalue weighted by Gasteiger charge is -2.61. The number of carboxylic acids is 1. The van der Waals surface area contributed by atoms with E-state index in [-0.39, 0.29) is 17.4 Å². The van der Waals surface area contributed by atoms with E-state index in [9.17, 15) is 15.0 Å². The number of hydrogen-bond donors (Lipinski definition) is 2. The van der Waals surface area contributed by atoms with E-state index in [0.717, 1.165) is 37.0 Å². The zero-order valence-corrected chi connectivity index (χ0v) is 16.2. The summed E-state index contributed by atoms with van der Waals surface area (Å²) in [5.74, 6) is 2.57. The van der Waals surface area contributed by atoms with Crippen LogP contribution in [0.1, 0.15) is 78.6 Å². The van der Waals surface area contributed by atoms with Crippen LogP contribution in [-0.4, -0.2) is 22.3 Å². The summed E-state index contributed by atoms with van der Waals surface area (Å²) in [6.45, 7) is 6.88. The van der Waals surface area contributed by atoms with Gasteiger partial charge in [0.25, 0.3) is 0 Å². The summed E-state index contributed by atoms with van der Waals surface area (Å²) in [6.07, 6.45) is 10.5. The van der Waals surface area contributed by atoms with Crippen LogP contribution in [0.3, 0.4) is 0 Å². The van der Waals surface area contributed by atoms with Gasteiger partial charge in [-0.15, -0.1) is 0 Å². The predicted molar refractivity (Wildman–Crippen MR) is 98.0 cm³/mol. The van der Waals surface area contributed by atoms with Crippen molar-refractivity contribution in [2.45, 2.75) is 84.7 Å². The maximum Gasteiger partial charge on any atom is 0.306 e. The third-order valence-corrected chi connectivity index (χ3v) is 9.70. The van der Waals surface area contributed by atoms with E-state index in [1.165, 1.54) is 38.5 Å². The van der Waals surface area contributed by atoms with Crippen LogP contribution >= 0.6 is 0 Å². The molecule has 142 valence electrons. The van der Waals surface area contributed by atoms with E-state index in [0.29, 0.717) is 17.3 Å². The Morgan fingerprint density at radius 1 is 0.960 bits per heavy atom. The summed E-state index contributed by atoms with van der Waals surface area (Å²) in [5.41, 5.74) is 0.649. The Kier molecular flexibility index (Phi) is 4.26. The minimum atomic E-state index is -0.606. The molecule has 0 aromatic carbocycles. The van der Waals surface area contributed by atoms with Gasteiger partial charge in [0, 0.05) is 0 Å². The van der Waals surface area contributed by atoms with Gasteiger partial charge in [-0.05, 0) is 98.2 Å². The van der Waals surface area contributed by atoms with Gasteiger partial charge in [-0.1, -0.05) is 20.8 Å². The van der Waals surface area contributed by atoms with Crippen LogP contribution in [0.4, 0.5) is 0 Å². The van der Waals surface area contributed by atoms with Gasteiger partial charge in [-0.2, -0.15) is 0 Å². The number of fused-ring (bicyclic) bond motifs is 5. The van der Waals surface area contributed by atoms with Gasteiger partial charge in [-0.25, -0.2) is 0 Å². The maximum absolute atomic E-state index is 11.6. The summed E-state index contributed by atoms with van der Waals surface area (Å²) in [4.78, 5) is 11.6. The highest BCUT2D eigenvalue weighted by Crippen LogP contribution is 2.68. The van der Waals surface area contributed by atoms with Crippen LogP contribution in [0, 0.1) is 46.3 Å². The lowest BCUT2D eigenvalue weighted by atomic mass is 9.44. The van der Waals surface area contributed by atoms with Crippen molar-refractivity contribution in [2.24, 2.45) is 46.3 Å². The van der Waals surface area contributed by atoms with Gasteiger partial charge in [0.15, 0.2) is 0 Å². The number of carboxylic acid groups (broad SMARTS) is 1. The Labute approximate surface area is 152 Å². The molecule has 0 amide bonds. The van der Waals surface area contributed by atoms with Crippen molar-refractivity contribution in [2.75, 3.05) is 0 Å². The lowest BCUT2D eigenvalue weighted by Crippen LogP contribution is -2.54. The fourth-order valence-electron chi connectivity index (χ4n) is 8.27. The molecule has 25 heavy (non-hydrogen) atoms. The van der Waals surface area contributed by atoms with Crippen molar-refractivity contribution < 1.29 is 15.0 Å². The van der Waals surface area contributed by atoms with Gasteiger partial charge in [0.2, 0.25) is 0 Å². The number of aliphatic carboxylic acids is 1. The predicted octanol–water partition coefficient (Wildman–Crippen LogP) is 4.73. The first-order valence-electron chi connectivity index (χ1n) is 10.7. The summed E-state index contributed by atoms with van der Waals surface area (Å²) in [6, 6.07) is 0. The first-order chi connectivity index (χ1) is 11.8. The first kappa shape index (κ1) is 17.8. The summed E-state index contributed by atoms with van der Waals surface area (Å²) >= 11 is 0. The molecule has 4 fully saturated rings. The Morgan fingerprint density at radius 2 is 1.64 bits per heavy atom. The van der Waals surface area contributed by atoms with Crippen molar-refractivity contribution in [3.05, 3.63) is 0 Å². The van der Waals surface area contributed by atoms with Crippen molar-refractivity contribution in [1.29, 1.82) is 0 Å². The topological polar surface area (TPSA) is 57.5 Å². The first-order valence-corrected chi connectivity index (χ1v) is 10.7. The summed E-state index contributed by atoms with van der Waals surface area (Å²) < 4.78 is 0. The molecule has 0 radical (unpaired) electrons. The second-order valence-corrected chi connectivity index (χ2v) is 10.4. The van der Waals surface area contributed by atoms with Gasteiger partial charge >= 0.3 is 5.97 Å². The molecule has 4 aliphatic rings. The second-order valence-electron chi connectivity index (χ2n) is 10.4. The Bertz CT molecular complexity index is 545. The highest BCUT2D eigenvalue weighted by Gasteiger charge is 2.61. The molecule has 0 unspecified atom stereocenters. The number of carbonyl (C=O) groups is 1. The minimum Gasteiger partial charge on any atom is -0.481 e. The lowest BCUT2D eigenvalue weighted by molar-refractivity contribution is -0.149. The van der Waals surface area contributed by atoms with Gasteiger partial charge in [-0.3, -0.25) is 4.79 Å². The SMILES string of the molecule is C[C@H](C(=O)O)[C@H]1CC[C@H]2[C@@H]3CC[C@@H]4C[C@H](O)CC[C@]4(C)[C@H]3CC[C@]12C. The van der Waals surface area contributed by atoms with Gasteiger partial charge in [0.05, 0.1) is 12.0 Å². The number of aliphatic hydroxyl groups excluding tert-OH is 1. The highest BCUT2D eigenvalue weighted by atomic mass is 16.4. The molecule has 4 saturated carbocycles. The standard InChI is InChI=1S/C22H36O3/c1-13(20(24)25)17-6-7-18-16-5-4-14-12-15(23)8-10-21(14,2)19(16)9-11-22(17,18)3/h13-19,23H,4-12H2,1-3H3,(H,24,25)/t13-,14+,15+,16-,17+,18-,19-,21-,22+/m0/s1. The molecule has 9 atom stereocenters. The summed E-state index contributed by atoms with van der Waals surface area (Å²) in [5, 5.41) is 19.7. The molecule has 0 saturated heterocycles. The van der Waals surface area contributed by atoms with Crippen LogP contribution in [-0.2, 0) is 4.79 Å².